The Kier molecular flexibility index (Phi) is 7.65. The van der Waals surface area contributed by atoms with E-state index in [1.54, 1.807) is 12.1 Å². The number of carbonyl (C=O) groups excluding carboxylic acids is 2. The minimum Gasteiger partial charge on any atom is -0.483 e. The van der Waals surface area contributed by atoms with Gasteiger partial charge in [0.2, 0.25) is 0 Å². The van der Waals surface area contributed by atoms with Gasteiger partial charge in [-0.05, 0) is 54.8 Å². The molecule has 0 saturated carbocycles. The Bertz CT molecular complexity index is 1000. The van der Waals surface area contributed by atoms with Crippen molar-refractivity contribution in [3.63, 3.8) is 0 Å². The van der Waals surface area contributed by atoms with Crippen LogP contribution in [0.25, 0.3) is 0 Å². The van der Waals surface area contributed by atoms with Crippen LogP contribution in [-0.4, -0.2) is 18.5 Å². The fraction of sp³-hybridized carbons (Fsp3) is 0.200. The van der Waals surface area contributed by atoms with Crippen molar-refractivity contribution in [1.29, 1.82) is 0 Å². The fourth-order valence-electron chi connectivity index (χ4n) is 3.12. The third-order valence-electron chi connectivity index (χ3n) is 4.79. The standard InChI is InChI=1S/C25H27N3O3/c1-3-19-9-7-8-12-23(19)31-17-24(29)26-18(2)20-13-15-22(16-14-20)28-25(30)27-21-10-5-4-6-11-21/h4-16,18H,3,17H2,1-2H3,(H,26,29)(H2,27,28,30). The molecule has 0 aliphatic carbocycles. The number of ether oxygens (including phenoxy) is 1. The van der Waals surface area contributed by atoms with Gasteiger partial charge in [-0.2, -0.15) is 0 Å². The van der Waals surface area contributed by atoms with Crippen LogP contribution in [-0.2, 0) is 11.2 Å². The maximum Gasteiger partial charge on any atom is 0.323 e. The smallest absolute Gasteiger partial charge is 0.323 e. The molecule has 0 saturated heterocycles. The Morgan fingerprint density at radius 1 is 0.839 bits per heavy atom. The van der Waals surface area contributed by atoms with Crippen molar-refractivity contribution in [2.45, 2.75) is 26.3 Å². The Balaban J connectivity index is 1.48. The van der Waals surface area contributed by atoms with E-state index >= 15 is 0 Å². The average Bonchev–Trinajstić information content (AvgIpc) is 2.79. The number of amides is 3. The van der Waals surface area contributed by atoms with Crippen molar-refractivity contribution in [3.8, 4) is 5.75 Å². The van der Waals surface area contributed by atoms with Gasteiger partial charge in [-0.15, -0.1) is 0 Å². The van der Waals surface area contributed by atoms with Crippen LogP contribution in [0.2, 0.25) is 0 Å². The summed E-state index contributed by atoms with van der Waals surface area (Å²) in [6.07, 6.45) is 0.845. The summed E-state index contributed by atoms with van der Waals surface area (Å²) in [6.45, 7) is 3.91. The van der Waals surface area contributed by atoms with Crippen molar-refractivity contribution in [3.05, 3.63) is 90.0 Å². The summed E-state index contributed by atoms with van der Waals surface area (Å²) in [5.74, 6) is 0.542. The number of aryl methyl sites for hydroxylation is 1. The SMILES string of the molecule is CCc1ccccc1OCC(=O)NC(C)c1ccc(NC(=O)Nc2ccccc2)cc1. The van der Waals surface area contributed by atoms with Crippen LogP contribution >= 0.6 is 0 Å². The first-order chi connectivity index (χ1) is 15.0. The minimum absolute atomic E-state index is 0.0410. The first kappa shape index (κ1) is 21.9. The predicted octanol–water partition coefficient (Wildman–Crippen LogP) is 5.15. The number of hydrogen-bond acceptors (Lipinski definition) is 3. The van der Waals surface area contributed by atoms with Gasteiger partial charge in [0.05, 0.1) is 6.04 Å². The molecule has 1 unspecified atom stereocenters. The molecule has 0 fully saturated rings. The second-order valence-corrected chi connectivity index (χ2v) is 7.11. The number of nitrogens with one attached hydrogen (secondary N) is 3. The molecule has 3 rings (SSSR count). The lowest BCUT2D eigenvalue weighted by atomic mass is 10.1. The van der Waals surface area contributed by atoms with Gasteiger partial charge in [0.1, 0.15) is 5.75 Å². The molecule has 6 heteroatoms. The zero-order valence-electron chi connectivity index (χ0n) is 17.7. The van der Waals surface area contributed by atoms with E-state index in [2.05, 4.69) is 16.0 Å². The normalized spacial score (nSPS) is 11.3. The molecular weight excluding hydrogens is 390 g/mol. The van der Waals surface area contributed by atoms with E-state index in [1.165, 1.54) is 0 Å². The summed E-state index contributed by atoms with van der Waals surface area (Å²) in [7, 11) is 0. The maximum atomic E-state index is 12.3. The van der Waals surface area contributed by atoms with E-state index in [1.807, 2.05) is 80.6 Å². The highest BCUT2D eigenvalue weighted by molar-refractivity contribution is 5.99. The van der Waals surface area contributed by atoms with Gasteiger partial charge in [-0.25, -0.2) is 4.79 Å². The van der Waals surface area contributed by atoms with Crippen LogP contribution in [0.4, 0.5) is 16.2 Å². The fourth-order valence-corrected chi connectivity index (χ4v) is 3.12. The van der Waals surface area contributed by atoms with Crippen LogP contribution < -0.4 is 20.7 Å². The minimum atomic E-state index is -0.315. The first-order valence-corrected chi connectivity index (χ1v) is 10.3. The van der Waals surface area contributed by atoms with E-state index in [4.69, 9.17) is 4.74 Å². The molecule has 6 nitrogen and oxygen atoms in total. The molecule has 3 N–H and O–H groups in total. The van der Waals surface area contributed by atoms with E-state index in [9.17, 15) is 9.59 Å². The molecule has 0 bridgehead atoms. The monoisotopic (exact) mass is 417 g/mol. The van der Waals surface area contributed by atoms with Crippen molar-refractivity contribution in [1.82, 2.24) is 5.32 Å². The number of benzene rings is 3. The number of urea groups is 1. The number of anilines is 2. The van der Waals surface area contributed by atoms with Crippen LogP contribution in [0, 0.1) is 0 Å². The van der Waals surface area contributed by atoms with Crippen LogP contribution in [0.3, 0.4) is 0 Å². The zero-order valence-corrected chi connectivity index (χ0v) is 17.7. The quantitative estimate of drug-likeness (QED) is 0.474. The second-order valence-electron chi connectivity index (χ2n) is 7.11. The Hall–Kier alpha value is -3.80. The molecular formula is C25H27N3O3. The molecule has 3 aromatic rings. The molecule has 160 valence electrons. The zero-order chi connectivity index (χ0) is 22.1. The van der Waals surface area contributed by atoms with Gasteiger partial charge in [0.25, 0.3) is 5.91 Å². The molecule has 0 aliphatic rings. The van der Waals surface area contributed by atoms with E-state index in [0.717, 1.165) is 29.0 Å². The van der Waals surface area contributed by atoms with Gasteiger partial charge < -0.3 is 20.7 Å². The van der Waals surface area contributed by atoms with Crippen molar-refractivity contribution < 1.29 is 14.3 Å². The second kappa shape index (κ2) is 10.8. The average molecular weight is 418 g/mol. The molecule has 3 aromatic carbocycles. The number of rotatable bonds is 8. The van der Waals surface area contributed by atoms with Gasteiger partial charge in [-0.1, -0.05) is 55.5 Å². The van der Waals surface area contributed by atoms with Crippen molar-refractivity contribution >= 4 is 23.3 Å². The molecule has 0 heterocycles. The van der Waals surface area contributed by atoms with E-state index in [-0.39, 0.29) is 24.6 Å². The van der Waals surface area contributed by atoms with Crippen LogP contribution in [0.5, 0.6) is 5.75 Å². The summed E-state index contributed by atoms with van der Waals surface area (Å²) < 4.78 is 5.67. The van der Waals surface area contributed by atoms with Crippen LogP contribution in [0.1, 0.15) is 31.0 Å². The highest BCUT2D eigenvalue weighted by Gasteiger charge is 2.11. The molecule has 1 atom stereocenters. The third kappa shape index (κ3) is 6.60. The maximum absolute atomic E-state index is 12.3. The molecule has 0 radical (unpaired) electrons. The van der Waals surface area contributed by atoms with Crippen molar-refractivity contribution in [2.24, 2.45) is 0 Å². The Labute approximate surface area is 182 Å². The Morgan fingerprint density at radius 3 is 2.13 bits per heavy atom. The van der Waals surface area contributed by atoms with Crippen LogP contribution in [0.15, 0.2) is 78.9 Å². The lowest BCUT2D eigenvalue weighted by Gasteiger charge is -2.16. The highest BCUT2D eigenvalue weighted by Crippen LogP contribution is 2.19. The number of hydrogen-bond donors (Lipinski definition) is 3. The topological polar surface area (TPSA) is 79.5 Å². The third-order valence-corrected chi connectivity index (χ3v) is 4.79. The molecule has 0 spiro atoms. The van der Waals surface area contributed by atoms with E-state index < -0.39 is 0 Å². The lowest BCUT2D eigenvalue weighted by Crippen LogP contribution is -2.31. The highest BCUT2D eigenvalue weighted by atomic mass is 16.5. The summed E-state index contributed by atoms with van der Waals surface area (Å²) in [6, 6.07) is 23.8. The molecule has 0 aliphatic heterocycles. The predicted molar refractivity (Wildman–Crippen MR) is 123 cm³/mol. The summed E-state index contributed by atoms with van der Waals surface area (Å²) in [5.41, 5.74) is 3.38. The van der Waals surface area contributed by atoms with Gasteiger partial charge in [-0.3, -0.25) is 4.79 Å². The Morgan fingerprint density at radius 2 is 1.45 bits per heavy atom. The summed E-state index contributed by atoms with van der Waals surface area (Å²) in [5, 5.41) is 8.49. The number of para-hydroxylation sites is 2. The van der Waals surface area contributed by atoms with E-state index in [0.29, 0.717) is 5.69 Å². The number of carbonyl (C=O) groups is 2. The van der Waals surface area contributed by atoms with Gasteiger partial charge in [0, 0.05) is 11.4 Å². The first-order valence-electron chi connectivity index (χ1n) is 10.3. The van der Waals surface area contributed by atoms with Gasteiger partial charge in [0.15, 0.2) is 6.61 Å². The summed E-state index contributed by atoms with van der Waals surface area (Å²) >= 11 is 0. The lowest BCUT2D eigenvalue weighted by molar-refractivity contribution is -0.123. The molecule has 31 heavy (non-hydrogen) atoms. The largest absolute Gasteiger partial charge is 0.483 e. The summed E-state index contributed by atoms with van der Waals surface area (Å²) in [4.78, 5) is 24.4. The molecule has 0 aromatic heterocycles. The van der Waals surface area contributed by atoms with Crippen molar-refractivity contribution in [2.75, 3.05) is 17.2 Å². The molecule has 3 amide bonds. The van der Waals surface area contributed by atoms with Gasteiger partial charge >= 0.3 is 6.03 Å².